The zero-order chi connectivity index (χ0) is 17.3. The fourth-order valence-electron chi connectivity index (χ4n) is 2.60. The maximum Gasteiger partial charge on any atom is 0.266 e. The van der Waals surface area contributed by atoms with Gasteiger partial charge in [-0.1, -0.05) is 11.6 Å². The van der Waals surface area contributed by atoms with Gasteiger partial charge < -0.3 is 10.2 Å². The molecule has 1 unspecified atom stereocenters. The number of aromatic nitrogens is 1. The van der Waals surface area contributed by atoms with Crippen molar-refractivity contribution in [1.29, 1.82) is 0 Å². The van der Waals surface area contributed by atoms with Crippen LogP contribution in [0.2, 0.25) is 5.02 Å². The molecule has 0 bridgehead atoms. The number of nitrogens with zero attached hydrogens (tertiary/aromatic N) is 2. The van der Waals surface area contributed by atoms with Gasteiger partial charge in [0.25, 0.3) is 10.0 Å². The molecule has 1 aromatic heterocycles. The van der Waals surface area contributed by atoms with E-state index in [0.717, 1.165) is 43.0 Å². The molecule has 3 rings (SSSR count). The molecule has 1 fully saturated rings. The molecule has 1 saturated heterocycles. The van der Waals surface area contributed by atoms with Crippen LogP contribution in [0.5, 0.6) is 0 Å². The summed E-state index contributed by atoms with van der Waals surface area (Å²) in [6, 6.07) is 2.50. The molecule has 1 aromatic carbocycles. The van der Waals surface area contributed by atoms with Gasteiger partial charge in [-0.15, -0.1) is 11.3 Å². The Labute approximate surface area is 148 Å². The van der Waals surface area contributed by atoms with Gasteiger partial charge in [0.2, 0.25) is 0 Å². The minimum absolute atomic E-state index is 0.170. The summed E-state index contributed by atoms with van der Waals surface area (Å²) in [5.74, 6) is -0.851. The Morgan fingerprint density at radius 2 is 2.29 bits per heavy atom. The lowest BCUT2D eigenvalue weighted by Crippen LogP contribution is -2.33. The first-order valence-corrected chi connectivity index (χ1v) is 9.97. The molecule has 6 nitrogen and oxygen atoms in total. The van der Waals surface area contributed by atoms with Crippen LogP contribution in [0, 0.1) is 5.82 Å². The lowest BCUT2D eigenvalue weighted by atomic mass is 10.2. The summed E-state index contributed by atoms with van der Waals surface area (Å²) >= 11 is 7.34. The van der Waals surface area contributed by atoms with Gasteiger partial charge in [0, 0.05) is 37.3 Å². The van der Waals surface area contributed by atoms with Crippen LogP contribution in [0.25, 0.3) is 0 Å². The van der Waals surface area contributed by atoms with E-state index in [9.17, 15) is 12.8 Å². The lowest BCUT2D eigenvalue weighted by Gasteiger charge is -2.27. The second kappa shape index (κ2) is 6.83. The van der Waals surface area contributed by atoms with E-state index in [-0.39, 0.29) is 16.2 Å². The van der Waals surface area contributed by atoms with E-state index in [1.807, 2.05) is 11.9 Å². The van der Waals surface area contributed by atoms with Gasteiger partial charge in [0.1, 0.15) is 10.7 Å². The molecule has 2 heterocycles. The molecule has 1 aliphatic heterocycles. The van der Waals surface area contributed by atoms with Crippen molar-refractivity contribution >= 4 is 43.8 Å². The molecule has 0 aliphatic carbocycles. The average Bonchev–Trinajstić information content (AvgIpc) is 3.21. The predicted molar refractivity (Wildman–Crippen MR) is 94.0 cm³/mol. The van der Waals surface area contributed by atoms with E-state index in [4.69, 9.17) is 11.6 Å². The summed E-state index contributed by atoms with van der Waals surface area (Å²) in [5, 5.41) is 5.20. The number of sulfonamides is 1. The van der Waals surface area contributed by atoms with Gasteiger partial charge in [-0.25, -0.2) is 17.8 Å². The Morgan fingerprint density at radius 3 is 2.92 bits per heavy atom. The number of hydrogen-bond acceptors (Lipinski definition) is 6. The van der Waals surface area contributed by atoms with Gasteiger partial charge in [0.05, 0.1) is 10.7 Å². The van der Waals surface area contributed by atoms with Crippen LogP contribution in [0.4, 0.5) is 15.2 Å². The fraction of sp³-hybridized carbons (Fsp3) is 0.357. The molecule has 1 aliphatic rings. The third kappa shape index (κ3) is 3.49. The topological polar surface area (TPSA) is 74.3 Å². The molecule has 0 amide bonds. The van der Waals surface area contributed by atoms with Crippen LogP contribution in [0.1, 0.15) is 6.42 Å². The van der Waals surface area contributed by atoms with Crippen LogP contribution < -0.4 is 14.9 Å². The number of thiazole rings is 1. The quantitative estimate of drug-likeness (QED) is 0.820. The third-order valence-corrected chi connectivity index (χ3v) is 6.38. The molecule has 2 N–H and O–H groups in total. The first-order chi connectivity index (χ1) is 11.4. The second-order valence-electron chi connectivity index (χ2n) is 5.43. The highest BCUT2D eigenvalue weighted by molar-refractivity contribution is 7.93. The van der Waals surface area contributed by atoms with Gasteiger partial charge in [-0.2, -0.15) is 0 Å². The standard InChI is InChI=1S/C14H16ClFN4O2S2/c1-20(9-2-3-17-8-9)12-7-11(16)13(6-10(12)15)24(21,22)19-14-18-4-5-23-14/h4-7,9,17H,2-3,8H2,1H3,(H,18,19). The van der Waals surface area contributed by atoms with Crippen LogP contribution in [-0.4, -0.2) is 39.6 Å². The van der Waals surface area contributed by atoms with Gasteiger partial charge in [-0.3, -0.25) is 4.72 Å². The molecule has 2 aromatic rings. The molecule has 24 heavy (non-hydrogen) atoms. The van der Waals surface area contributed by atoms with E-state index >= 15 is 0 Å². The molecule has 0 spiro atoms. The van der Waals surface area contributed by atoms with Crippen molar-refractivity contribution in [2.24, 2.45) is 0 Å². The van der Waals surface area contributed by atoms with Crippen molar-refractivity contribution in [3.63, 3.8) is 0 Å². The number of benzene rings is 1. The number of halogens is 2. The van der Waals surface area contributed by atoms with Gasteiger partial charge in [0.15, 0.2) is 5.13 Å². The zero-order valence-corrected chi connectivity index (χ0v) is 15.2. The fourth-order valence-corrected chi connectivity index (χ4v) is 4.84. The summed E-state index contributed by atoms with van der Waals surface area (Å²) in [7, 11) is -2.27. The van der Waals surface area contributed by atoms with Crippen molar-refractivity contribution in [1.82, 2.24) is 10.3 Å². The first-order valence-electron chi connectivity index (χ1n) is 7.23. The van der Waals surface area contributed by atoms with E-state index in [0.29, 0.717) is 5.69 Å². The summed E-state index contributed by atoms with van der Waals surface area (Å²) in [5.41, 5.74) is 0.469. The van der Waals surface area contributed by atoms with Crippen molar-refractivity contribution in [2.45, 2.75) is 17.4 Å². The summed E-state index contributed by atoms with van der Waals surface area (Å²) in [4.78, 5) is 5.21. The normalized spacial score (nSPS) is 17.9. The molecular formula is C14H16ClFN4O2S2. The number of anilines is 2. The maximum absolute atomic E-state index is 14.5. The van der Waals surface area contributed by atoms with E-state index in [1.165, 1.54) is 6.20 Å². The van der Waals surface area contributed by atoms with Gasteiger partial charge in [-0.05, 0) is 19.0 Å². The molecule has 10 heteroatoms. The third-order valence-electron chi connectivity index (χ3n) is 3.91. The summed E-state index contributed by atoms with van der Waals surface area (Å²) < 4.78 is 41.4. The van der Waals surface area contributed by atoms with Crippen molar-refractivity contribution in [2.75, 3.05) is 29.8 Å². The first kappa shape index (κ1) is 17.4. The van der Waals surface area contributed by atoms with Crippen molar-refractivity contribution in [3.05, 3.63) is 34.5 Å². The van der Waals surface area contributed by atoms with Crippen LogP contribution >= 0.6 is 22.9 Å². The SMILES string of the molecule is CN(c1cc(F)c(S(=O)(=O)Nc2nccs2)cc1Cl)C1CCNC1. The Bertz CT molecular complexity index is 824. The highest BCUT2D eigenvalue weighted by Crippen LogP contribution is 2.33. The minimum atomic E-state index is -4.09. The smallest absolute Gasteiger partial charge is 0.266 e. The second-order valence-corrected chi connectivity index (χ2v) is 8.39. The minimum Gasteiger partial charge on any atom is -0.369 e. The molecule has 130 valence electrons. The van der Waals surface area contributed by atoms with Crippen LogP contribution in [0.3, 0.4) is 0 Å². The Kier molecular flexibility index (Phi) is 4.95. The zero-order valence-electron chi connectivity index (χ0n) is 12.8. The largest absolute Gasteiger partial charge is 0.369 e. The summed E-state index contributed by atoms with van der Waals surface area (Å²) in [6.07, 6.45) is 2.37. The van der Waals surface area contributed by atoms with Gasteiger partial charge >= 0.3 is 0 Å². The van der Waals surface area contributed by atoms with E-state index in [2.05, 4.69) is 15.0 Å². The summed E-state index contributed by atoms with van der Waals surface area (Å²) in [6.45, 7) is 1.67. The maximum atomic E-state index is 14.5. The van der Waals surface area contributed by atoms with Crippen molar-refractivity contribution < 1.29 is 12.8 Å². The predicted octanol–water partition coefficient (Wildman–Crippen LogP) is 2.53. The highest BCUT2D eigenvalue weighted by Gasteiger charge is 2.26. The molecule has 0 saturated carbocycles. The lowest BCUT2D eigenvalue weighted by molar-refractivity contribution is 0.569. The molecular weight excluding hydrogens is 375 g/mol. The van der Waals surface area contributed by atoms with Crippen molar-refractivity contribution in [3.8, 4) is 0 Å². The monoisotopic (exact) mass is 390 g/mol. The van der Waals surface area contributed by atoms with Crippen LogP contribution in [-0.2, 0) is 10.0 Å². The van der Waals surface area contributed by atoms with E-state index in [1.54, 1.807) is 5.38 Å². The number of nitrogens with one attached hydrogen (secondary N) is 2. The number of rotatable bonds is 5. The average molecular weight is 391 g/mol. The highest BCUT2D eigenvalue weighted by atomic mass is 35.5. The Balaban J connectivity index is 1.92. The molecule has 1 atom stereocenters. The Hall–Kier alpha value is -1.42. The Morgan fingerprint density at radius 1 is 1.50 bits per heavy atom. The number of hydrogen-bond donors (Lipinski definition) is 2. The van der Waals surface area contributed by atoms with Crippen LogP contribution in [0.15, 0.2) is 28.6 Å². The number of likely N-dealkylation sites (N-methyl/N-ethyl adjacent to an activating group) is 1. The molecule has 0 radical (unpaired) electrons. The van der Waals surface area contributed by atoms with E-state index < -0.39 is 20.7 Å².